The lowest BCUT2D eigenvalue weighted by Crippen LogP contribution is -2.15. The molecule has 0 aliphatic carbocycles. The Hall–Kier alpha value is -3.58. The van der Waals surface area contributed by atoms with Gasteiger partial charge in [0.15, 0.2) is 11.5 Å². The second-order valence-electron chi connectivity index (χ2n) is 6.05. The first kappa shape index (κ1) is 18.8. The van der Waals surface area contributed by atoms with Crippen LogP contribution in [0.15, 0.2) is 54.6 Å². The molecule has 0 fully saturated rings. The molecule has 1 aliphatic rings. The molecule has 3 aromatic rings. The highest BCUT2D eigenvalue weighted by Crippen LogP contribution is 2.38. The number of ether oxygens (including phenoxy) is 3. The van der Waals surface area contributed by atoms with Crippen molar-refractivity contribution in [3.8, 4) is 28.4 Å². The Morgan fingerprint density at radius 2 is 1.86 bits per heavy atom. The van der Waals surface area contributed by atoms with Crippen LogP contribution >= 0.6 is 11.6 Å². The molecule has 6 nitrogen and oxygen atoms in total. The number of amides is 1. The molecule has 0 saturated carbocycles. The number of rotatable bonds is 5. The fourth-order valence-corrected chi connectivity index (χ4v) is 3.18. The maximum absolute atomic E-state index is 14.8. The first-order chi connectivity index (χ1) is 14.1. The molecule has 0 saturated heterocycles. The van der Waals surface area contributed by atoms with Crippen LogP contribution in [-0.2, 0) is 4.79 Å². The zero-order valence-electron chi connectivity index (χ0n) is 14.8. The number of anilines is 1. The largest absolute Gasteiger partial charge is 0.454 e. The lowest BCUT2D eigenvalue weighted by Gasteiger charge is -2.12. The van der Waals surface area contributed by atoms with Crippen molar-refractivity contribution in [1.82, 2.24) is 0 Å². The van der Waals surface area contributed by atoms with Crippen LogP contribution in [0, 0.1) is 5.82 Å². The second kappa shape index (κ2) is 7.81. The Morgan fingerprint density at radius 3 is 2.66 bits per heavy atom. The number of benzene rings is 3. The summed E-state index contributed by atoms with van der Waals surface area (Å²) in [4.78, 5) is 23.1. The van der Waals surface area contributed by atoms with Gasteiger partial charge in [-0.3, -0.25) is 9.59 Å². The van der Waals surface area contributed by atoms with Crippen LogP contribution in [0.5, 0.6) is 17.2 Å². The summed E-state index contributed by atoms with van der Waals surface area (Å²) in [5.41, 5.74) is 1.07. The summed E-state index contributed by atoms with van der Waals surface area (Å²) in [7, 11) is 0. The van der Waals surface area contributed by atoms with Gasteiger partial charge in [0.05, 0.1) is 16.3 Å². The highest BCUT2D eigenvalue weighted by atomic mass is 35.5. The van der Waals surface area contributed by atoms with E-state index in [1.807, 2.05) is 0 Å². The first-order valence-corrected chi connectivity index (χ1v) is 8.84. The van der Waals surface area contributed by atoms with E-state index < -0.39 is 11.7 Å². The van der Waals surface area contributed by atoms with Gasteiger partial charge in [-0.2, -0.15) is 0 Å². The first-order valence-electron chi connectivity index (χ1n) is 8.46. The van der Waals surface area contributed by atoms with Gasteiger partial charge in [-0.05, 0) is 47.5 Å². The van der Waals surface area contributed by atoms with Crippen molar-refractivity contribution in [3.05, 3.63) is 71.0 Å². The molecule has 146 valence electrons. The van der Waals surface area contributed by atoms with Crippen molar-refractivity contribution in [2.24, 2.45) is 0 Å². The number of para-hydroxylation sites is 1. The van der Waals surface area contributed by atoms with E-state index in [1.165, 1.54) is 24.3 Å². The Bertz CT molecular complexity index is 1090. The van der Waals surface area contributed by atoms with Gasteiger partial charge in [-0.25, -0.2) is 4.39 Å². The van der Waals surface area contributed by atoms with Crippen LogP contribution in [0.25, 0.3) is 11.1 Å². The van der Waals surface area contributed by atoms with Crippen molar-refractivity contribution in [2.75, 3.05) is 12.1 Å². The van der Waals surface area contributed by atoms with Gasteiger partial charge in [0, 0.05) is 0 Å². The summed E-state index contributed by atoms with van der Waals surface area (Å²) in [5, 5.41) is 2.44. The monoisotopic (exact) mass is 413 g/mol. The van der Waals surface area contributed by atoms with Crippen LogP contribution in [0.2, 0.25) is 5.02 Å². The van der Waals surface area contributed by atoms with E-state index in [0.717, 1.165) is 0 Å². The lowest BCUT2D eigenvalue weighted by atomic mass is 10.0. The van der Waals surface area contributed by atoms with Crippen molar-refractivity contribution in [2.45, 2.75) is 0 Å². The molecular weight excluding hydrogens is 401 g/mol. The molecule has 0 unspecified atom stereocenters. The standard InChI is InChI=1S/C21H13ClFNO5/c22-15-7-13(12-5-6-18-19(9-12)29-11-28-18)8-16(23)20(15)24-21(26)14-3-1-2-4-17(14)27-10-25/h1-10H,11H2,(H,24,26). The van der Waals surface area contributed by atoms with Gasteiger partial charge < -0.3 is 19.5 Å². The van der Waals surface area contributed by atoms with E-state index >= 15 is 0 Å². The molecule has 1 aliphatic heterocycles. The number of fused-ring (bicyclic) bond motifs is 1. The normalized spacial score (nSPS) is 11.8. The Labute approximate surface area is 169 Å². The molecule has 8 heteroatoms. The molecule has 1 N–H and O–H groups in total. The van der Waals surface area contributed by atoms with Crippen molar-refractivity contribution in [1.29, 1.82) is 0 Å². The number of carbonyl (C=O) groups excluding carboxylic acids is 2. The Morgan fingerprint density at radius 1 is 1.07 bits per heavy atom. The molecule has 1 amide bonds. The average Bonchev–Trinajstić information content (AvgIpc) is 3.19. The van der Waals surface area contributed by atoms with Gasteiger partial charge in [-0.15, -0.1) is 0 Å². The van der Waals surface area contributed by atoms with E-state index in [4.69, 9.17) is 25.8 Å². The van der Waals surface area contributed by atoms with Crippen LogP contribution in [0.1, 0.15) is 10.4 Å². The number of hydrogen-bond acceptors (Lipinski definition) is 5. The van der Waals surface area contributed by atoms with Crippen LogP contribution in [0.4, 0.5) is 10.1 Å². The predicted octanol–water partition coefficient (Wildman–Crippen LogP) is 4.66. The summed E-state index contributed by atoms with van der Waals surface area (Å²) in [6.07, 6.45) is 0. The zero-order chi connectivity index (χ0) is 20.4. The fraction of sp³-hybridized carbons (Fsp3) is 0.0476. The summed E-state index contributed by atoms with van der Waals surface area (Å²) in [6, 6.07) is 14.1. The average molecular weight is 414 g/mol. The third kappa shape index (κ3) is 3.72. The minimum atomic E-state index is -0.715. The highest BCUT2D eigenvalue weighted by molar-refractivity contribution is 6.34. The molecule has 4 rings (SSSR count). The molecule has 0 radical (unpaired) electrons. The van der Waals surface area contributed by atoms with E-state index in [9.17, 15) is 14.0 Å². The zero-order valence-corrected chi connectivity index (χ0v) is 15.5. The summed E-state index contributed by atoms with van der Waals surface area (Å²) >= 11 is 6.24. The van der Waals surface area contributed by atoms with Crippen LogP contribution in [-0.4, -0.2) is 19.2 Å². The topological polar surface area (TPSA) is 73.9 Å². The third-order valence-corrected chi connectivity index (χ3v) is 4.59. The molecule has 0 bridgehead atoms. The van der Waals surface area contributed by atoms with Gasteiger partial charge in [0.1, 0.15) is 11.6 Å². The van der Waals surface area contributed by atoms with E-state index in [0.29, 0.717) is 22.6 Å². The fourth-order valence-electron chi connectivity index (χ4n) is 2.93. The van der Waals surface area contributed by atoms with Crippen molar-refractivity contribution in [3.63, 3.8) is 0 Å². The molecule has 1 heterocycles. The number of nitrogens with one attached hydrogen (secondary N) is 1. The van der Waals surface area contributed by atoms with Gasteiger partial charge >= 0.3 is 0 Å². The molecule has 0 aromatic heterocycles. The number of halogens is 2. The van der Waals surface area contributed by atoms with E-state index in [1.54, 1.807) is 30.3 Å². The van der Waals surface area contributed by atoms with Crippen LogP contribution in [0.3, 0.4) is 0 Å². The Balaban J connectivity index is 1.63. The Kier molecular flexibility index (Phi) is 5.05. The lowest BCUT2D eigenvalue weighted by molar-refractivity contribution is -0.120. The van der Waals surface area contributed by atoms with Crippen molar-refractivity contribution < 1.29 is 28.2 Å². The predicted molar refractivity (Wildman–Crippen MR) is 104 cm³/mol. The molecule has 0 spiro atoms. The summed E-state index contributed by atoms with van der Waals surface area (Å²) in [6.45, 7) is 0.341. The summed E-state index contributed by atoms with van der Waals surface area (Å²) < 4.78 is 30.1. The molecular formula is C21H13ClFNO5. The number of carbonyl (C=O) groups is 2. The minimum absolute atomic E-state index is 0.0137. The molecule has 29 heavy (non-hydrogen) atoms. The van der Waals surface area contributed by atoms with Crippen LogP contribution < -0.4 is 19.5 Å². The maximum Gasteiger partial charge on any atom is 0.298 e. The summed E-state index contributed by atoms with van der Waals surface area (Å²) in [5.74, 6) is -0.163. The van der Waals surface area contributed by atoms with Gasteiger partial charge in [-0.1, -0.05) is 29.8 Å². The second-order valence-corrected chi connectivity index (χ2v) is 6.45. The quantitative estimate of drug-likeness (QED) is 0.616. The van der Waals surface area contributed by atoms with Gasteiger partial charge in [0.2, 0.25) is 6.79 Å². The maximum atomic E-state index is 14.8. The molecule has 3 aromatic carbocycles. The van der Waals surface area contributed by atoms with E-state index in [-0.39, 0.29) is 35.3 Å². The van der Waals surface area contributed by atoms with Gasteiger partial charge in [0.25, 0.3) is 12.4 Å². The molecule has 0 atom stereocenters. The highest BCUT2D eigenvalue weighted by Gasteiger charge is 2.19. The van der Waals surface area contributed by atoms with E-state index in [2.05, 4.69) is 5.32 Å². The SMILES string of the molecule is O=COc1ccccc1C(=O)Nc1c(F)cc(-c2ccc3c(c2)OCO3)cc1Cl. The minimum Gasteiger partial charge on any atom is -0.454 e. The van der Waals surface area contributed by atoms with Crippen molar-refractivity contribution >= 4 is 29.7 Å². The number of hydrogen-bond donors (Lipinski definition) is 1. The third-order valence-electron chi connectivity index (χ3n) is 4.29. The smallest absolute Gasteiger partial charge is 0.298 e.